The van der Waals surface area contributed by atoms with Crippen LogP contribution in [0, 0.1) is 5.41 Å². The Morgan fingerprint density at radius 3 is 2.71 bits per heavy atom. The number of nitrogens with zero attached hydrogens (tertiary/aromatic N) is 2. The van der Waals surface area contributed by atoms with E-state index in [1.807, 2.05) is 40.9 Å². The number of carbonyl (C=O) groups excluding carboxylic acids is 2. The van der Waals surface area contributed by atoms with Gasteiger partial charge in [-0.3, -0.25) is 4.79 Å². The van der Waals surface area contributed by atoms with Crippen molar-refractivity contribution in [2.45, 2.75) is 6.92 Å². The molecule has 0 bridgehead atoms. The molecule has 0 atom stereocenters. The highest BCUT2D eigenvalue weighted by atomic mass is 16.5. The van der Waals surface area contributed by atoms with Gasteiger partial charge < -0.3 is 25.6 Å². The molecule has 0 radical (unpaired) electrons. The second kappa shape index (κ2) is 8.17. The molecule has 2 heterocycles. The molecule has 1 amide bonds. The number of esters is 1. The number of aromatic nitrogens is 2. The number of nitrogens with two attached hydrogens (primary N) is 1. The fourth-order valence-electron chi connectivity index (χ4n) is 2.58. The molecule has 0 aliphatic heterocycles. The van der Waals surface area contributed by atoms with Crippen molar-refractivity contribution in [3.63, 3.8) is 0 Å². The van der Waals surface area contributed by atoms with Crippen molar-refractivity contribution < 1.29 is 14.3 Å². The van der Waals surface area contributed by atoms with E-state index in [0.717, 1.165) is 11.3 Å². The first-order chi connectivity index (χ1) is 13.5. The monoisotopic (exact) mass is 377 g/mol. The third-order valence-corrected chi connectivity index (χ3v) is 3.96. The van der Waals surface area contributed by atoms with Crippen molar-refractivity contribution >= 4 is 29.4 Å². The van der Waals surface area contributed by atoms with Crippen molar-refractivity contribution in [3.05, 3.63) is 66.1 Å². The van der Waals surface area contributed by atoms with Gasteiger partial charge in [0.05, 0.1) is 12.3 Å². The SMILES string of the molecule is CCOC(=O)/C(C=N)=C(/N)C(=O)Nc1ccn2cc(-c3ccccc3)nc2c1. The topological polar surface area (TPSA) is 123 Å². The summed E-state index contributed by atoms with van der Waals surface area (Å²) in [6, 6.07) is 13.1. The number of amides is 1. The summed E-state index contributed by atoms with van der Waals surface area (Å²) in [5.41, 5.74) is 7.93. The zero-order chi connectivity index (χ0) is 20.1. The Hall–Kier alpha value is -3.94. The number of anilines is 1. The van der Waals surface area contributed by atoms with E-state index in [0.29, 0.717) is 17.5 Å². The van der Waals surface area contributed by atoms with E-state index < -0.39 is 11.9 Å². The number of ether oxygens (including phenoxy) is 1. The molecule has 8 nitrogen and oxygen atoms in total. The average molecular weight is 377 g/mol. The van der Waals surface area contributed by atoms with Gasteiger partial charge in [0.15, 0.2) is 0 Å². The first kappa shape index (κ1) is 18.8. The highest BCUT2D eigenvalue weighted by Crippen LogP contribution is 2.20. The molecule has 0 saturated carbocycles. The van der Waals surface area contributed by atoms with Gasteiger partial charge in [0.2, 0.25) is 0 Å². The van der Waals surface area contributed by atoms with E-state index in [1.54, 1.807) is 25.3 Å². The molecular weight excluding hydrogens is 358 g/mol. The molecule has 0 aliphatic rings. The molecule has 3 aromatic rings. The standard InChI is InChI=1S/C20H19N5O3/c1-2-28-20(27)15(11-21)18(22)19(26)23-14-8-9-25-12-16(24-17(25)10-14)13-6-4-3-5-7-13/h3-12,21H,2,22H2,1H3,(H,23,26)/b18-15+,21-11?. The Balaban J connectivity index is 1.85. The molecule has 3 rings (SSSR count). The normalized spacial score (nSPS) is 11.6. The first-order valence-electron chi connectivity index (χ1n) is 8.56. The highest BCUT2D eigenvalue weighted by Gasteiger charge is 2.18. The van der Waals surface area contributed by atoms with Gasteiger partial charge in [-0.15, -0.1) is 0 Å². The lowest BCUT2D eigenvalue weighted by Gasteiger charge is -2.08. The van der Waals surface area contributed by atoms with Crippen LogP contribution in [0.1, 0.15) is 6.92 Å². The molecule has 1 aromatic carbocycles. The predicted molar refractivity (Wildman–Crippen MR) is 106 cm³/mol. The van der Waals surface area contributed by atoms with Crippen LogP contribution in [0.4, 0.5) is 5.69 Å². The Bertz CT molecular complexity index is 1070. The molecule has 0 spiro atoms. The number of hydrogen-bond acceptors (Lipinski definition) is 6. The molecule has 0 fully saturated rings. The van der Waals surface area contributed by atoms with E-state index in [1.165, 1.54) is 0 Å². The van der Waals surface area contributed by atoms with Crippen molar-refractivity contribution in [2.24, 2.45) is 5.73 Å². The van der Waals surface area contributed by atoms with Crippen molar-refractivity contribution in [1.82, 2.24) is 9.38 Å². The number of imidazole rings is 1. The molecule has 2 aromatic heterocycles. The van der Waals surface area contributed by atoms with Crippen LogP contribution in [-0.4, -0.2) is 34.1 Å². The number of benzene rings is 1. The van der Waals surface area contributed by atoms with Crippen LogP contribution >= 0.6 is 0 Å². The molecule has 142 valence electrons. The van der Waals surface area contributed by atoms with Crippen LogP contribution in [-0.2, 0) is 14.3 Å². The number of hydrogen-bond donors (Lipinski definition) is 3. The summed E-state index contributed by atoms with van der Waals surface area (Å²) in [6.45, 7) is 1.74. The second-order valence-corrected chi connectivity index (χ2v) is 5.82. The number of fused-ring (bicyclic) bond motifs is 1. The van der Waals surface area contributed by atoms with Crippen LogP contribution in [0.2, 0.25) is 0 Å². The summed E-state index contributed by atoms with van der Waals surface area (Å²) in [4.78, 5) is 28.7. The van der Waals surface area contributed by atoms with Gasteiger partial charge in [-0.05, 0) is 13.0 Å². The molecule has 0 saturated heterocycles. The van der Waals surface area contributed by atoms with Gasteiger partial charge in [0.25, 0.3) is 5.91 Å². The number of rotatable bonds is 6. The fraction of sp³-hybridized carbons (Fsp3) is 0.100. The highest BCUT2D eigenvalue weighted by molar-refractivity contribution is 6.17. The Morgan fingerprint density at radius 2 is 2.04 bits per heavy atom. The lowest BCUT2D eigenvalue weighted by molar-refractivity contribution is -0.138. The van der Waals surface area contributed by atoms with Gasteiger partial charge in [0.1, 0.15) is 16.9 Å². The lowest BCUT2D eigenvalue weighted by Crippen LogP contribution is -2.25. The quantitative estimate of drug-likeness (QED) is 0.346. The largest absolute Gasteiger partial charge is 0.462 e. The molecule has 4 N–H and O–H groups in total. The molecular formula is C20H19N5O3. The number of carbonyl (C=O) groups is 2. The van der Waals surface area contributed by atoms with E-state index in [4.69, 9.17) is 15.9 Å². The van der Waals surface area contributed by atoms with Crippen LogP contribution in [0.5, 0.6) is 0 Å². The Morgan fingerprint density at radius 1 is 1.29 bits per heavy atom. The molecule has 28 heavy (non-hydrogen) atoms. The Labute approximate surface area is 161 Å². The van der Waals surface area contributed by atoms with E-state index >= 15 is 0 Å². The van der Waals surface area contributed by atoms with E-state index in [2.05, 4.69) is 10.3 Å². The summed E-state index contributed by atoms with van der Waals surface area (Å²) in [7, 11) is 0. The van der Waals surface area contributed by atoms with E-state index in [9.17, 15) is 9.59 Å². The third-order valence-electron chi connectivity index (χ3n) is 3.96. The summed E-state index contributed by atoms with van der Waals surface area (Å²) in [6.07, 6.45) is 4.35. The summed E-state index contributed by atoms with van der Waals surface area (Å²) in [5, 5.41) is 9.92. The average Bonchev–Trinajstić information content (AvgIpc) is 3.12. The molecule has 0 unspecified atom stereocenters. The number of nitrogens with one attached hydrogen (secondary N) is 2. The van der Waals surface area contributed by atoms with Crippen LogP contribution in [0.25, 0.3) is 16.9 Å². The lowest BCUT2D eigenvalue weighted by atomic mass is 10.2. The zero-order valence-corrected chi connectivity index (χ0v) is 15.2. The minimum Gasteiger partial charge on any atom is -0.462 e. The Kier molecular flexibility index (Phi) is 5.50. The summed E-state index contributed by atoms with van der Waals surface area (Å²) >= 11 is 0. The first-order valence-corrected chi connectivity index (χ1v) is 8.56. The van der Waals surface area contributed by atoms with Crippen LogP contribution in [0.3, 0.4) is 0 Å². The van der Waals surface area contributed by atoms with Crippen molar-refractivity contribution in [2.75, 3.05) is 11.9 Å². The zero-order valence-electron chi connectivity index (χ0n) is 15.2. The second-order valence-electron chi connectivity index (χ2n) is 5.82. The smallest absolute Gasteiger partial charge is 0.341 e. The van der Waals surface area contributed by atoms with Gasteiger partial charge in [-0.1, -0.05) is 30.3 Å². The maximum Gasteiger partial charge on any atom is 0.341 e. The third kappa shape index (κ3) is 3.90. The van der Waals surface area contributed by atoms with Crippen LogP contribution < -0.4 is 11.1 Å². The fourth-order valence-corrected chi connectivity index (χ4v) is 2.58. The minimum absolute atomic E-state index is 0.116. The summed E-state index contributed by atoms with van der Waals surface area (Å²) in [5.74, 6) is -1.52. The van der Waals surface area contributed by atoms with Crippen LogP contribution in [0.15, 0.2) is 66.1 Å². The van der Waals surface area contributed by atoms with Gasteiger partial charge >= 0.3 is 5.97 Å². The van der Waals surface area contributed by atoms with E-state index in [-0.39, 0.29) is 17.9 Å². The maximum absolute atomic E-state index is 12.4. The minimum atomic E-state index is -0.818. The van der Waals surface area contributed by atoms with Crippen molar-refractivity contribution in [1.29, 1.82) is 5.41 Å². The maximum atomic E-state index is 12.4. The predicted octanol–water partition coefficient (Wildman–Crippen LogP) is 2.37. The summed E-state index contributed by atoms with van der Waals surface area (Å²) < 4.78 is 6.63. The van der Waals surface area contributed by atoms with Gasteiger partial charge in [0, 0.05) is 35.9 Å². The molecule has 0 aliphatic carbocycles. The van der Waals surface area contributed by atoms with Gasteiger partial charge in [-0.2, -0.15) is 0 Å². The number of pyridine rings is 1. The van der Waals surface area contributed by atoms with Crippen molar-refractivity contribution in [3.8, 4) is 11.3 Å². The van der Waals surface area contributed by atoms with Gasteiger partial charge in [-0.25, -0.2) is 9.78 Å². The molecule has 8 heteroatoms.